The maximum atomic E-state index is 6.03. The number of rotatable bonds is 8. The molecule has 0 heterocycles. The molecule has 1 N–H and O–H groups in total. The third kappa shape index (κ3) is 6.39. The van der Waals surface area contributed by atoms with E-state index < -0.39 is 0 Å². The van der Waals surface area contributed by atoms with Gasteiger partial charge in [0.25, 0.3) is 0 Å². The summed E-state index contributed by atoms with van der Waals surface area (Å²) in [6.07, 6.45) is 3.39. The Labute approximate surface area is 116 Å². The van der Waals surface area contributed by atoms with Gasteiger partial charge in [0.2, 0.25) is 0 Å². The molecule has 0 aliphatic carbocycles. The number of benzene rings is 1. The summed E-state index contributed by atoms with van der Waals surface area (Å²) in [7, 11) is 4.24. The molecule has 0 aliphatic heterocycles. The number of halogens is 1. The van der Waals surface area contributed by atoms with E-state index in [1.54, 1.807) is 0 Å². The van der Waals surface area contributed by atoms with Crippen LogP contribution in [0.3, 0.4) is 0 Å². The summed E-state index contributed by atoms with van der Waals surface area (Å²) in [5.41, 5.74) is 1.31. The number of hydrogen-bond acceptors (Lipinski definition) is 2. The Morgan fingerprint density at radius 2 is 2.11 bits per heavy atom. The zero-order valence-electron chi connectivity index (χ0n) is 11.7. The van der Waals surface area contributed by atoms with Gasteiger partial charge < -0.3 is 10.2 Å². The van der Waals surface area contributed by atoms with E-state index in [0.29, 0.717) is 6.04 Å². The fourth-order valence-electron chi connectivity index (χ4n) is 1.99. The van der Waals surface area contributed by atoms with Crippen LogP contribution in [-0.4, -0.2) is 38.1 Å². The summed E-state index contributed by atoms with van der Waals surface area (Å²) >= 11 is 6.03. The molecule has 0 saturated carbocycles. The van der Waals surface area contributed by atoms with Crippen LogP contribution < -0.4 is 5.32 Å². The van der Waals surface area contributed by atoms with E-state index in [9.17, 15) is 0 Å². The molecule has 0 bridgehead atoms. The molecule has 1 rings (SSSR count). The van der Waals surface area contributed by atoms with Gasteiger partial charge in [-0.3, -0.25) is 0 Å². The van der Waals surface area contributed by atoms with Gasteiger partial charge in [-0.1, -0.05) is 30.7 Å². The lowest BCUT2D eigenvalue weighted by Crippen LogP contribution is -2.34. The summed E-state index contributed by atoms with van der Waals surface area (Å²) in [6.45, 7) is 4.40. The minimum Gasteiger partial charge on any atom is -0.314 e. The Hall–Kier alpha value is -0.570. The number of nitrogens with one attached hydrogen (secondary N) is 1. The quantitative estimate of drug-likeness (QED) is 0.779. The SMILES string of the molecule is CCCNC(CCN(C)C)Cc1cccc(Cl)c1. The van der Waals surface area contributed by atoms with Gasteiger partial charge in [0.15, 0.2) is 0 Å². The Morgan fingerprint density at radius 3 is 2.72 bits per heavy atom. The lowest BCUT2D eigenvalue weighted by atomic mass is 10.0. The summed E-state index contributed by atoms with van der Waals surface area (Å²) in [4.78, 5) is 2.23. The van der Waals surface area contributed by atoms with Crippen molar-refractivity contribution in [3.05, 3.63) is 34.9 Å². The predicted molar refractivity (Wildman–Crippen MR) is 80.4 cm³/mol. The van der Waals surface area contributed by atoms with Gasteiger partial charge in [-0.15, -0.1) is 0 Å². The number of nitrogens with zero attached hydrogens (tertiary/aromatic N) is 1. The van der Waals surface area contributed by atoms with Crippen LogP contribution >= 0.6 is 11.6 Å². The zero-order valence-corrected chi connectivity index (χ0v) is 12.5. The van der Waals surface area contributed by atoms with E-state index in [4.69, 9.17) is 11.6 Å². The van der Waals surface area contributed by atoms with Gasteiger partial charge in [0.1, 0.15) is 0 Å². The first-order chi connectivity index (χ1) is 8.61. The largest absolute Gasteiger partial charge is 0.314 e. The lowest BCUT2D eigenvalue weighted by Gasteiger charge is -2.21. The Bertz CT molecular complexity index is 339. The van der Waals surface area contributed by atoms with Crippen LogP contribution in [0.25, 0.3) is 0 Å². The van der Waals surface area contributed by atoms with Gasteiger partial charge in [0.05, 0.1) is 0 Å². The van der Waals surface area contributed by atoms with Crippen molar-refractivity contribution >= 4 is 11.6 Å². The highest BCUT2D eigenvalue weighted by atomic mass is 35.5. The van der Waals surface area contributed by atoms with E-state index in [1.165, 1.54) is 18.4 Å². The smallest absolute Gasteiger partial charge is 0.0408 e. The molecule has 2 nitrogen and oxygen atoms in total. The van der Waals surface area contributed by atoms with Gasteiger partial charge in [-0.2, -0.15) is 0 Å². The van der Waals surface area contributed by atoms with Crippen molar-refractivity contribution in [2.24, 2.45) is 0 Å². The normalized spacial score (nSPS) is 12.9. The fraction of sp³-hybridized carbons (Fsp3) is 0.600. The molecule has 1 atom stereocenters. The fourth-order valence-corrected chi connectivity index (χ4v) is 2.20. The second-order valence-electron chi connectivity index (χ2n) is 5.08. The molecular formula is C15H25ClN2. The highest BCUT2D eigenvalue weighted by molar-refractivity contribution is 6.30. The van der Waals surface area contributed by atoms with Crippen molar-refractivity contribution in [1.82, 2.24) is 10.2 Å². The molecular weight excluding hydrogens is 244 g/mol. The van der Waals surface area contributed by atoms with Crippen LogP contribution in [0.5, 0.6) is 0 Å². The summed E-state index contributed by atoms with van der Waals surface area (Å²) < 4.78 is 0. The average Bonchev–Trinajstić information content (AvgIpc) is 2.32. The molecule has 3 heteroatoms. The molecule has 102 valence electrons. The Morgan fingerprint density at radius 1 is 1.33 bits per heavy atom. The van der Waals surface area contributed by atoms with Crippen molar-refractivity contribution in [2.45, 2.75) is 32.2 Å². The summed E-state index contributed by atoms with van der Waals surface area (Å²) in [5.74, 6) is 0. The van der Waals surface area contributed by atoms with E-state index in [1.807, 2.05) is 12.1 Å². The van der Waals surface area contributed by atoms with Gasteiger partial charge >= 0.3 is 0 Å². The molecule has 0 aromatic heterocycles. The van der Waals surface area contributed by atoms with Crippen molar-refractivity contribution in [3.8, 4) is 0 Å². The van der Waals surface area contributed by atoms with Crippen LogP contribution in [-0.2, 0) is 6.42 Å². The minimum atomic E-state index is 0.533. The zero-order chi connectivity index (χ0) is 13.4. The Balaban J connectivity index is 2.53. The van der Waals surface area contributed by atoms with Crippen molar-refractivity contribution in [2.75, 3.05) is 27.2 Å². The highest BCUT2D eigenvalue weighted by Gasteiger charge is 2.09. The molecule has 0 fully saturated rings. The van der Waals surface area contributed by atoms with E-state index in [-0.39, 0.29) is 0 Å². The molecule has 0 saturated heterocycles. The van der Waals surface area contributed by atoms with Gasteiger partial charge in [0, 0.05) is 11.1 Å². The first kappa shape index (κ1) is 15.5. The van der Waals surface area contributed by atoms with Crippen LogP contribution in [0.4, 0.5) is 0 Å². The first-order valence-corrected chi connectivity index (χ1v) is 7.12. The monoisotopic (exact) mass is 268 g/mol. The topological polar surface area (TPSA) is 15.3 Å². The Kier molecular flexibility index (Phi) is 7.33. The molecule has 0 amide bonds. The van der Waals surface area contributed by atoms with Gasteiger partial charge in [-0.05, 0) is 64.1 Å². The predicted octanol–water partition coefficient (Wildman–Crippen LogP) is 3.20. The van der Waals surface area contributed by atoms with Crippen molar-refractivity contribution in [3.63, 3.8) is 0 Å². The summed E-state index contributed by atoms with van der Waals surface area (Å²) in [6, 6.07) is 8.71. The molecule has 0 spiro atoms. The molecule has 0 aliphatic rings. The minimum absolute atomic E-state index is 0.533. The van der Waals surface area contributed by atoms with Crippen LogP contribution in [0.1, 0.15) is 25.3 Å². The van der Waals surface area contributed by atoms with E-state index >= 15 is 0 Å². The molecule has 18 heavy (non-hydrogen) atoms. The highest BCUT2D eigenvalue weighted by Crippen LogP contribution is 2.13. The second kappa shape index (κ2) is 8.52. The number of hydrogen-bond donors (Lipinski definition) is 1. The van der Waals surface area contributed by atoms with Crippen LogP contribution in [0.2, 0.25) is 5.02 Å². The van der Waals surface area contributed by atoms with E-state index in [0.717, 1.165) is 24.5 Å². The maximum Gasteiger partial charge on any atom is 0.0408 e. The average molecular weight is 269 g/mol. The molecule has 0 radical (unpaired) electrons. The van der Waals surface area contributed by atoms with Crippen molar-refractivity contribution < 1.29 is 0 Å². The van der Waals surface area contributed by atoms with Crippen molar-refractivity contribution in [1.29, 1.82) is 0 Å². The van der Waals surface area contributed by atoms with Crippen LogP contribution in [0, 0.1) is 0 Å². The first-order valence-electron chi connectivity index (χ1n) is 6.74. The third-order valence-electron chi connectivity index (χ3n) is 2.98. The molecule has 1 aromatic rings. The lowest BCUT2D eigenvalue weighted by molar-refractivity contribution is 0.356. The summed E-state index contributed by atoms with van der Waals surface area (Å²) in [5, 5.41) is 4.45. The van der Waals surface area contributed by atoms with E-state index in [2.05, 4.69) is 43.4 Å². The maximum absolute atomic E-state index is 6.03. The molecule has 1 unspecified atom stereocenters. The van der Waals surface area contributed by atoms with Gasteiger partial charge in [-0.25, -0.2) is 0 Å². The second-order valence-corrected chi connectivity index (χ2v) is 5.51. The third-order valence-corrected chi connectivity index (χ3v) is 3.21. The van der Waals surface area contributed by atoms with Crippen LogP contribution in [0.15, 0.2) is 24.3 Å². The molecule has 1 aromatic carbocycles. The standard InChI is InChI=1S/C15H25ClN2/c1-4-9-17-15(8-10-18(2)3)12-13-6-5-7-14(16)11-13/h5-7,11,15,17H,4,8-10,12H2,1-3H3.